The molecule has 3 N–H and O–H groups in total. The van der Waals surface area contributed by atoms with Crippen LogP contribution in [0.5, 0.6) is 0 Å². The van der Waals surface area contributed by atoms with E-state index >= 15 is 0 Å². The zero-order valence-corrected chi connectivity index (χ0v) is 4.67. The summed E-state index contributed by atoms with van der Waals surface area (Å²) in [7, 11) is -1.12. The molecule has 3 nitrogen and oxygen atoms in total. The summed E-state index contributed by atoms with van der Waals surface area (Å²) in [6.45, 7) is 1.67. The standard InChI is InChI=1S/C4H10BNO2/c7-5(8)4-1-2-6-3-4/h4,6-8H,1-3H2/t4-/m1/s1. The normalized spacial score (nSPS) is 28.5. The first kappa shape index (κ1) is 6.07. The fraction of sp³-hybridized carbons (Fsp3) is 1.00. The summed E-state index contributed by atoms with van der Waals surface area (Å²) in [6, 6.07) is 0. The lowest BCUT2D eigenvalue weighted by atomic mass is 9.72. The zero-order valence-electron chi connectivity index (χ0n) is 4.67. The Hall–Kier alpha value is -0.0551. The van der Waals surface area contributed by atoms with Crippen molar-refractivity contribution in [2.24, 2.45) is 0 Å². The van der Waals surface area contributed by atoms with Crippen molar-refractivity contribution in [1.82, 2.24) is 5.32 Å². The van der Waals surface area contributed by atoms with Gasteiger partial charge in [-0.25, -0.2) is 0 Å². The second kappa shape index (κ2) is 2.48. The van der Waals surface area contributed by atoms with Crippen molar-refractivity contribution < 1.29 is 10.0 Å². The van der Waals surface area contributed by atoms with E-state index in [4.69, 9.17) is 10.0 Å². The third kappa shape index (κ3) is 1.21. The lowest BCUT2D eigenvalue weighted by Crippen LogP contribution is -2.21. The minimum atomic E-state index is -1.12. The van der Waals surface area contributed by atoms with E-state index < -0.39 is 7.12 Å². The number of rotatable bonds is 1. The maximum Gasteiger partial charge on any atom is 0.456 e. The SMILES string of the molecule is OB(O)[C@@H]1CCNC1. The molecular formula is C4H10BNO2. The molecule has 4 heteroatoms. The lowest BCUT2D eigenvalue weighted by molar-refractivity contribution is 0.388. The topological polar surface area (TPSA) is 52.5 Å². The third-order valence-corrected chi connectivity index (χ3v) is 1.52. The Labute approximate surface area is 48.9 Å². The lowest BCUT2D eigenvalue weighted by Gasteiger charge is -2.02. The molecule has 0 saturated carbocycles. The van der Waals surface area contributed by atoms with Crippen molar-refractivity contribution in [2.45, 2.75) is 12.2 Å². The van der Waals surface area contributed by atoms with Crippen LogP contribution >= 0.6 is 0 Å². The Balaban J connectivity index is 2.24. The zero-order chi connectivity index (χ0) is 5.98. The van der Waals surface area contributed by atoms with Crippen molar-refractivity contribution in [3.05, 3.63) is 0 Å². The predicted molar refractivity (Wildman–Crippen MR) is 31.4 cm³/mol. The molecule has 1 aliphatic heterocycles. The van der Waals surface area contributed by atoms with E-state index in [-0.39, 0.29) is 5.82 Å². The highest BCUT2D eigenvalue weighted by Crippen LogP contribution is 2.14. The Morgan fingerprint density at radius 3 is 2.50 bits per heavy atom. The summed E-state index contributed by atoms with van der Waals surface area (Å²) in [5.41, 5.74) is 0. The molecule has 0 spiro atoms. The van der Waals surface area contributed by atoms with Crippen LogP contribution in [0.3, 0.4) is 0 Å². The first-order valence-electron chi connectivity index (χ1n) is 2.87. The van der Waals surface area contributed by atoms with Gasteiger partial charge in [-0.2, -0.15) is 0 Å². The van der Waals surface area contributed by atoms with Crippen LogP contribution in [0, 0.1) is 0 Å². The van der Waals surface area contributed by atoms with Gasteiger partial charge in [-0.3, -0.25) is 0 Å². The largest absolute Gasteiger partial charge is 0.456 e. The van der Waals surface area contributed by atoms with Crippen molar-refractivity contribution in [3.63, 3.8) is 0 Å². The number of hydrogen-bond donors (Lipinski definition) is 3. The maximum atomic E-state index is 8.57. The second-order valence-corrected chi connectivity index (χ2v) is 2.17. The first-order chi connectivity index (χ1) is 3.80. The summed E-state index contributed by atoms with van der Waals surface area (Å²) in [5, 5.41) is 20.2. The molecule has 0 aromatic carbocycles. The van der Waals surface area contributed by atoms with E-state index in [1.165, 1.54) is 0 Å². The van der Waals surface area contributed by atoms with Crippen LogP contribution in [0.1, 0.15) is 6.42 Å². The number of nitrogens with one attached hydrogen (secondary N) is 1. The molecule has 8 heavy (non-hydrogen) atoms. The van der Waals surface area contributed by atoms with E-state index in [0.29, 0.717) is 0 Å². The summed E-state index contributed by atoms with van der Waals surface area (Å²) in [4.78, 5) is 0. The highest BCUT2D eigenvalue weighted by Gasteiger charge is 2.25. The minimum Gasteiger partial charge on any atom is -0.427 e. The molecule has 0 aliphatic carbocycles. The predicted octanol–water partition coefficient (Wildman–Crippen LogP) is -1.18. The highest BCUT2D eigenvalue weighted by atomic mass is 16.4. The Kier molecular flexibility index (Phi) is 1.88. The van der Waals surface area contributed by atoms with Crippen molar-refractivity contribution >= 4 is 7.12 Å². The molecule has 1 atom stereocenters. The van der Waals surface area contributed by atoms with Crippen LogP contribution in [0.4, 0.5) is 0 Å². The minimum absolute atomic E-state index is 0.0648. The van der Waals surface area contributed by atoms with Gasteiger partial charge in [0.25, 0.3) is 0 Å². The molecule has 1 saturated heterocycles. The molecule has 0 unspecified atom stereocenters. The van der Waals surface area contributed by atoms with Gasteiger partial charge in [-0.1, -0.05) is 0 Å². The summed E-state index contributed by atoms with van der Waals surface area (Å²) in [5.74, 6) is 0.0648. The summed E-state index contributed by atoms with van der Waals surface area (Å²) >= 11 is 0. The van der Waals surface area contributed by atoms with Crippen molar-refractivity contribution in [3.8, 4) is 0 Å². The fourth-order valence-corrected chi connectivity index (χ4v) is 0.931. The molecule has 0 amide bonds. The van der Waals surface area contributed by atoms with E-state index in [1.807, 2.05) is 0 Å². The monoisotopic (exact) mass is 115 g/mol. The van der Waals surface area contributed by atoms with Gasteiger partial charge in [-0.05, 0) is 19.5 Å². The first-order valence-corrected chi connectivity index (χ1v) is 2.87. The van der Waals surface area contributed by atoms with Crippen LogP contribution in [0.25, 0.3) is 0 Å². The Morgan fingerprint density at radius 1 is 1.50 bits per heavy atom. The van der Waals surface area contributed by atoms with Crippen LogP contribution in [0.2, 0.25) is 5.82 Å². The van der Waals surface area contributed by atoms with Gasteiger partial charge in [0.15, 0.2) is 0 Å². The molecule has 1 rings (SSSR count). The van der Waals surface area contributed by atoms with Gasteiger partial charge in [0.05, 0.1) is 0 Å². The van der Waals surface area contributed by atoms with Crippen molar-refractivity contribution in [2.75, 3.05) is 13.1 Å². The van der Waals surface area contributed by atoms with Gasteiger partial charge in [0.2, 0.25) is 0 Å². The molecular weight excluding hydrogens is 105 g/mol. The maximum absolute atomic E-state index is 8.57. The summed E-state index contributed by atoms with van der Waals surface area (Å²) in [6.07, 6.45) is 0.887. The van der Waals surface area contributed by atoms with Gasteiger partial charge in [0, 0.05) is 5.82 Å². The average Bonchev–Trinajstić information content (AvgIpc) is 2.12. The van der Waals surface area contributed by atoms with E-state index in [9.17, 15) is 0 Å². The molecule has 1 fully saturated rings. The van der Waals surface area contributed by atoms with Crippen LogP contribution < -0.4 is 5.32 Å². The summed E-state index contributed by atoms with van der Waals surface area (Å²) < 4.78 is 0. The molecule has 0 aromatic rings. The van der Waals surface area contributed by atoms with Gasteiger partial charge >= 0.3 is 7.12 Å². The second-order valence-electron chi connectivity index (χ2n) is 2.17. The van der Waals surface area contributed by atoms with E-state index in [1.54, 1.807) is 0 Å². The number of hydrogen-bond acceptors (Lipinski definition) is 3. The molecule has 46 valence electrons. The van der Waals surface area contributed by atoms with Gasteiger partial charge in [0.1, 0.15) is 0 Å². The van der Waals surface area contributed by atoms with Gasteiger partial charge < -0.3 is 15.4 Å². The van der Waals surface area contributed by atoms with Gasteiger partial charge in [-0.15, -0.1) is 0 Å². The van der Waals surface area contributed by atoms with Crippen LogP contribution in [-0.2, 0) is 0 Å². The van der Waals surface area contributed by atoms with E-state index in [0.717, 1.165) is 19.5 Å². The molecule has 0 radical (unpaired) electrons. The Bertz CT molecular complexity index is 72.4. The quantitative estimate of drug-likeness (QED) is 0.377. The highest BCUT2D eigenvalue weighted by molar-refractivity contribution is 6.43. The van der Waals surface area contributed by atoms with Crippen LogP contribution in [0.15, 0.2) is 0 Å². The molecule has 0 aromatic heterocycles. The average molecular weight is 115 g/mol. The molecule has 1 heterocycles. The third-order valence-electron chi connectivity index (χ3n) is 1.52. The smallest absolute Gasteiger partial charge is 0.427 e. The molecule has 0 bridgehead atoms. The van der Waals surface area contributed by atoms with E-state index in [2.05, 4.69) is 5.32 Å². The van der Waals surface area contributed by atoms with Crippen molar-refractivity contribution in [1.29, 1.82) is 0 Å². The van der Waals surface area contributed by atoms with Crippen LogP contribution in [-0.4, -0.2) is 30.3 Å². The fourth-order valence-electron chi connectivity index (χ4n) is 0.931. The molecule has 1 aliphatic rings. The Morgan fingerprint density at radius 2 is 2.25 bits per heavy atom.